The van der Waals surface area contributed by atoms with Crippen molar-refractivity contribution in [2.24, 2.45) is 0 Å². The van der Waals surface area contributed by atoms with Crippen LogP contribution in [0.3, 0.4) is 0 Å². The molecular weight excluding hydrogens is 170 g/mol. The first-order valence-corrected chi connectivity index (χ1v) is 5.10. The lowest BCUT2D eigenvalue weighted by Gasteiger charge is -2.13. The Hall–Kier alpha value is -1.29. The standard InChI is InChI=1S/C13H14N/c1-9(2)12-5-3-4-11(8-14)13(12)10-6-7-10/h3-5,9-10H,1,6-7H2,2H3. The zero-order valence-electron chi connectivity index (χ0n) is 8.46. The van der Waals surface area contributed by atoms with Crippen molar-refractivity contribution < 1.29 is 0 Å². The molecule has 0 bridgehead atoms. The highest BCUT2D eigenvalue weighted by Crippen LogP contribution is 2.44. The van der Waals surface area contributed by atoms with Gasteiger partial charge in [-0.3, -0.25) is 0 Å². The van der Waals surface area contributed by atoms with Crippen LogP contribution in [0.15, 0.2) is 18.2 Å². The zero-order valence-corrected chi connectivity index (χ0v) is 8.46. The van der Waals surface area contributed by atoms with Crippen molar-refractivity contribution in [1.29, 1.82) is 5.26 Å². The van der Waals surface area contributed by atoms with E-state index in [2.05, 4.69) is 26.0 Å². The fourth-order valence-corrected chi connectivity index (χ4v) is 1.94. The molecule has 0 aliphatic heterocycles. The van der Waals surface area contributed by atoms with Crippen molar-refractivity contribution in [3.8, 4) is 6.07 Å². The van der Waals surface area contributed by atoms with Gasteiger partial charge in [-0.2, -0.15) is 5.26 Å². The van der Waals surface area contributed by atoms with Crippen LogP contribution >= 0.6 is 0 Å². The van der Waals surface area contributed by atoms with E-state index in [1.165, 1.54) is 24.0 Å². The molecule has 1 fully saturated rings. The summed E-state index contributed by atoms with van der Waals surface area (Å²) in [6, 6.07) is 8.26. The Morgan fingerprint density at radius 3 is 2.71 bits per heavy atom. The highest BCUT2D eigenvalue weighted by atomic mass is 14.3. The zero-order chi connectivity index (χ0) is 10.1. The van der Waals surface area contributed by atoms with Gasteiger partial charge in [0, 0.05) is 0 Å². The summed E-state index contributed by atoms with van der Waals surface area (Å²) in [6.07, 6.45) is 2.47. The van der Waals surface area contributed by atoms with E-state index in [4.69, 9.17) is 5.26 Å². The minimum atomic E-state index is 0.277. The number of nitrogens with zero attached hydrogens (tertiary/aromatic N) is 1. The number of benzene rings is 1. The quantitative estimate of drug-likeness (QED) is 0.691. The molecule has 0 aromatic heterocycles. The molecule has 0 heterocycles. The molecule has 1 nitrogen and oxygen atoms in total. The Bertz CT molecular complexity index is 381. The van der Waals surface area contributed by atoms with E-state index in [1.54, 1.807) is 0 Å². The fraction of sp³-hybridized carbons (Fsp3) is 0.385. The van der Waals surface area contributed by atoms with Crippen molar-refractivity contribution in [2.45, 2.75) is 31.6 Å². The monoisotopic (exact) mass is 184 g/mol. The smallest absolute Gasteiger partial charge is 0.0994 e. The van der Waals surface area contributed by atoms with Crippen LogP contribution in [0.4, 0.5) is 0 Å². The molecule has 0 spiro atoms. The molecule has 1 atom stereocenters. The summed E-state index contributed by atoms with van der Waals surface area (Å²) < 4.78 is 0. The fourth-order valence-electron chi connectivity index (χ4n) is 1.94. The number of hydrogen-bond acceptors (Lipinski definition) is 1. The van der Waals surface area contributed by atoms with Crippen LogP contribution in [-0.2, 0) is 0 Å². The van der Waals surface area contributed by atoms with E-state index < -0.39 is 0 Å². The van der Waals surface area contributed by atoms with Gasteiger partial charge >= 0.3 is 0 Å². The third-order valence-electron chi connectivity index (χ3n) is 2.78. The minimum absolute atomic E-state index is 0.277. The first-order valence-electron chi connectivity index (χ1n) is 5.10. The van der Waals surface area contributed by atoms with Crippen molar-refractivity contribution >= 4 is 0 Å². The van der Waals surface area contributed by atoms with Crippen LogP contribution in [0, 0.1) is 18.3 Å². The van der Waals surface area contributed by atoms with Crippen molar-refractivity contribution in [1.82, 2.24) is 0 Å². The van der Waals surface area contributed by atoms with Gasteiger partial charge in [-0.05, 0) is 48.8 Å². The van der Waals surface area contributed by atoms with E-state index in [0.717, 1.165) is 5.56 Å². The number of rotatable bonds is 2. The van der Waals surface area contributed by atoms with Gasteiger partial charge in [0.1, 0.15) is 0 Å². The molecule has 1 aromatic rings. The Labute approximate surface area is 85.4 Å². The Morgan fingerprint density at radius 1 is 1.50 bits per heavy atom. The van der Waals surface area contributed by atoms with Crippen molar-refractivity contribution in [3.05, 3.63) is 41.8 Å². The first kappa shape index (κ1) is 9.27. The van der Waals surface area contributed by atoms with Crippen molar-refractivity contribution in [3.63, 3.8) is 0 Å². The second-order valence-electron chi connectivity index (χ2n) is 4.10. The van der Waals surface area contributed by atoms with Gasteiger partial charge in [0.05, 0.1) is 11.6 Å². The normalized spacial score (nSPS) is 15.6. The minimum Gasteiger partial charge on any atom is -0.192 e. The molecule has 1 heteroatoms. The molecule has 0 amide bonds. The predicted octanol–water partition coefficient (Wildman–Crippen LogP) is 3.37. The highest BCUT2D eigenvalue weighted by molar-refractivity contribution is 5.48. The lowest BCUT2D eigenvalue weighted by molar-refractivity contribution is 0.918. The summed E-state index contributed by atoms with van der Waals surface area (Å²) in [5.74, 6) is 0.906. The maximum Gasteiger partial charge on any atom is 0.0994 e. The molecule has 1 saturated carbocycles. The lowest BCUT2D eigenvalue weighted by Crippen LogP contribution is -1.98. The van der Waals surface area contributed by atoms with Crippen LogP contribution < -0.4 is 0 Å². The molecule has 71 valence electrons. The molecule has 1 radical (unpaired) electrons. The van der Waals surface area contributed by atoms with E-state index in [-0.39, 0.29) is 5.92 Å². The third kappa shape index (κ3) is 1.53. The third-order valence-corrected chi connectivity index (χ3v) is 2.78. The topological polar surface area (TPSA) is 23.8 Å². The van der Waals surface area contributed by atoms with Crippen LogP contribution in [-0.4, -0.2) is 0 Å². The Morgan fingerprint density at radius 2 is 2.21 bits per heavy atom. The molecule has 0 N–H and O–H groups in total. The predicted molar refractivity (Wildman–Crippen MR) is 56.9 cm³/mol. The average Bonchev–Trinajstić information content (AvgIpc) is 2.99. The molecule has 1 aliphatic carbocycles. The van der Waals surface area contributed by atoms with Gasteiger partial charge in [-0.1, -0.05) is 19.1 Å². The summed E-state index contributed by atoms with van der Waals surface area (Å²) in [4.78, 5) is 0. The van der Waals surface area contributed by atoms with Crippen molar-refractivity contribution in [2.75, 3.05) is 0 Å². The van der Waals surface area contributed by atoms with E-state index in [0.29, 0.717) is 5.92 Å². The average molecular weight is 184 g/mol. The van der Waals surface area contributed by atoms with Crippen LogP contribution in [0.25, 0.3) is 0 Å². The van der Waals surface area contributed by atoms with Gasteiger partial charge in [-0.25, -0.2) is 0 Å². The summed E-state index contributed by atoms with van der Waals surface area (Å²) in [5.41, 5.74) is 3.37. The maximum absolute atomic E-state index is 9.03. The van der Waals surface area contributed by atoms with Crippen LogP contribution in [0.2, 0.25) is 0 Å². The summed E-state index contributed by atoms with van der Waals surface area (Å²) in [5, 5.41) is 9.03. The number of hydrogen-bond donors (Lipinski definition) is 0. The van der Waals surface area contributed by atoms with Crippen LogP contribution in [0.5, 0.6) is 0 Å². The molecular formula is C13H14N. The summed E-state index contributed by atoms with van der Waals surface area (Å²) in [6.45, 7) is 6.13. The van der Waals surface area contributed by atoms with Crippen LogP contribution in [0.1, 0.15) is 48.3 Å². The van der Waals surface area contributed by atoms with Gasteiger partial charge in [-0.15, -0.1) is 0 Å². The number of nitriles is 1. The molecule has 1 aromatic carbocycles. The molecule has 1 unspecified atom stereocenters. The maximum atomic E-state index is 9.03. The van der Waals surface area contributed by atoms with Gasteiger partial charge < -0.3 is 0 Å². The highest BCUT2D eigenvalue weighted by Gasteiger charge is 2.29. The summed E-state index contributed by atoms with van der Waals surface area (Å²) in [7, 11) is 0. The molecule has 1 aliphatic rings. The summed E-state index contributed by atoms with van der Waals surface area (Å²) >= 11 is 0. The molecule has 0 saturated heterocycles. The van der Waals surface area contributed by atoms with E-state index in [9.17, 15) is 0 Å². The second-order valence-corrected chi connectivity index (χ2v) is 4.10. The largest absolute Gasteiger partial charge is 0.192 e. The van der Waals surface area contributed by atoms with Gasteiger partial charge in [0.15, 0.2) is 0 Å². The molecule has 2 rings (SSSR count). The first-order chi connectivity index (χ1) is 6.74. The van der Waals surface area contributed by atoms with E-state index >= 15 is 0 Å². The van der Waals surface area contributed by atoms with Gasteiger partial charge in [0.25, 0.3) is 0 Å². The van der Waals surface area contributed by atoms with Gasteiger partial charge in [0.2, 0.25) is 0 Å². The molecule has 14 heavy (non-hydrogen) atoms. The van der Waals surface area contributed by atoms with E-state index in [1.807, 2.05) is 12.1 Å². The Balaban J connectivity index is 2.54. The SMILES string of the molecule is [CH2]C(C)c1cccc(C#N)c1C1CC1. The Kier molecular flexibility index (Phi) is 2.29. The lowest BCUT2D eigenvalue weighted by atomic mass is 9.91. The second kappa shape index (κ2) is 3.46.